The molecule has 1 aromatic carbocycles. The maximum atomic E-state index is 11.8. The number of benzene rings is 1. The van der Waals surface area contributed by atoms with Crippen LogP contribution in [-0.2, 0) is 11.3 Å². The van der Waals surface area contributed by atoms with Crippen molar-refractivity contribution in [2.75, 3.05) is 25.5 Å². The molecule has 0 aliphatic carbocycles. The Morgan fingerprint density at radius 3 is 2.28 bits per heavy atom. The Morgan fingerprint density at radius 2 is 1.83 bits per heavy atom. The van der Waals surface area contributed by atoms with Gasteiger partial charge in [-0.05, 0) is 31.5 Å². The first-order valence-corrected chi connectivity index (χ1v) is 6.11. The first-order valence-electron chi connectivity index (χ1n) is 6.11. The van der Waals surface area contributed by atoms with E-state index < -0.39 is 5.41 Å². The molecule has 4 nitrogen and oxygen atoms in total. The summed E-state index contributed by atoms with van der Waals surface area (Å²) in [6, 6.07) is 8.11. The van der Waals surface area contributed by atoms with Crippen LogP contribution in [0.1, 0.15) is 19.4 Å². The summed E-state index contributed by atoms with van der Waals surface area (Å²) < 4.78 is 0. The zero-order valence-corrected chi connectivity index (χ0v) is 11.7. The molecular weight excluding hydrogens is 226 g/mol. The first kappa shape index (κ1) is 14.5. The summed E-state index contributed by atoms with van der Waals surface area (Å²) in [6.45, 7) is 4.57. The highest BCUT2D eigenvalue weighted by Crippen LogP contribution is 2.14. The van der Waals surface area contributed by atoms with Crippen molar-refractivity contribution in [1.82, 2.24) is 5.32 Å². The second-order valence-electron chi connectivity index (χ2n) is 5.33. The SMILES string of the molecule is CN(C)c1ccc(CNC(=O)C(C)(C)CN)cc1. The molecule has 0 saturated carbocycles. The zero-order valence-electron chi connectivity index (χ0n) is 11.7. The molecule has 3 N–H and O–H groups in total. The highest BCUT2D eigenvalue weighted by molar-refractivity contribution is 5.82. The van der Waals surface area contributed by atoms with Crippen molar-refractivity contribution in [3.8, 4) is 0 Å². The van der Waals surface area contributed by atoms with Gasteiger partial charge in [-0.15, -0.1) is 0 Å². The molecule has 1 amide bonds. The summed E-state index contributed by atoms with van der Waals surface area (Å²) in [4.78, 5) is 13.9. The van der Waals surface area contributed by atoms with E-state index in [1.54, 1.807) is 0 Å². The molecular formula is C14H23N3O. The summed E-state index contributed by atoms with van der Waals surface area (Å²) in [5.41, 5.74) is 7.28. The minimum atomic E-state index is -0.510. The molecule has 0 aromatic heterocycles. The Balaban J connectivity index is 2.57. The molecule has 100 valence electrons. The van der Waals surface area contributed by atoms with Crippen molar-refractivity contribution in [2.45, 2.75) is 20.4 Å². The number of carbonyl (C=O) groups excluding carboxylic acids is 1. The van der Waals surface area contributed by atoms with Crippen LogP contribution in [0, 0.1) is 5.41 Å². The molecule has 0 aliphatic heterocycles. The quantitative estimate of drug-likeness (QED) is 0.828. The van der Waals surface area contributed by atoms with Crippen LogP contribution in [0.25, 0.3) is 0 Å². The minimum absolute atomic E-state index is 0.0123. The maximum absolute atomic E-state index is 11.8. The average molecular weight is 249 g/mol. The number of nitrogens with zero attached hydrogens (tertiary/aromatic N) is 1. The fourth-order valence-corrected chi connectivity index (χ4v) is 1.43. The Labute approximate surface area is 109 Å². The molecule has 4 heteroatoms. The van der Waals surface area contributed by atoms with E-state index in [1.807, 2.05) is 57.1 Å². The number of nitrogens with one attached hydrogen (secondary N) is 1. The molecule has 0 spiro atoms. The van der Waals surface area contributed by atoms with Crippen LogP contribution >= 0.6 is 0 Å². The molecule has 0 bridgehead atoms. The van der Waals surface area contributed by atoms with E-state index in [-0.39, 0.29) is 5.91 Å². The van der Waals surface area contributed by atoms with Gasteiger partial charge in [-0.25, -0.2) is 0 Å². The topological polar surface area (TPSA) is 58.4 Å². The van der Waals surface area contributed by atoms with Crippen LogP contribution in [-0.4, -0.2) is 26.5 Å². The predicted molar refractivity (Wildman–Crippen MR) is 75.5 cm³/mol. The van der Waals surface area contributed by atoms with Crippen molar-refractivity contribution < 1.29 is 4.79 Å². The van der Waals surface area contributed by atoms with Crippen molar-refractivity contribution >= 4 is 11.6 Å². The van der Waals surface area contributed by atoms with Gasteiger partial charge in [-0.3, -0.25) is 4.79 Å². The van der Waals surface area contributed by atoms with E-state index in [0.717, 1.165) is 11.3 Å². The van der Waals surface area contributed by atoms with Crippen LogP contribution in [0.2, 0.25) is 0 Å². The van der Waals surface area contributed by atoms with E-state index in [2.05, 4.69) is 5.32 Å². The Hall–Kier alpha value is -1.55. The third-order valence-electron chi connectivity index (χ3n) is 3.03. The van der Waals surface area contributed by atoms with Crippen LogP contribution in [0.5, 0.6) is 0 Å². The van der Waals surface area contributed by atoms with Gasteiger partial charge in [0.05, 0.1) is 5.41 Å². The normalized spacial score (nSPS) is 11.2. The summed E-state index contributed by atoms with van der Waals surface area (Å²) in [5, 5.41) is 2.91. The predicted octanol–water partition coefficient (Wildman–Crippen LogP) is 1.35. The van der Waals surface area contributed by atoms with Gasteiger partial charge in [-0.1, -0.05) is 12.1 Å². The molecule has 18 heavy (non-hydrogen) atoms. The number of carbonyl (C=O) groups is 1. The van der Waals surface area contributed by atoms with Gasteiger partial charge in [0.1, 0.15) is 0 Å². The highest BCUT2D eigenvalue weighted by atomic mass is 16.2. The van der Waals surface area contributed by atoms with Gasteiger partial charge in [0.25, 0.3) is 0 Å². The third kappa shape index (κ3) is 3.74. The van der Waals surface area contributed by atoms with Crippen LogP contribution < -0.4 is 16.0 Å². The highest BCUT2D eigenvalue weighted by Gasteiger charge is 2.25. The van der Waals surface area contributed by atoms with E-state index in [1.165, 1.54) is 0 Å². The Morgan fingerprint density at radius 1 is 1.28 bits per heavy atom. The molecule has 0 atom stereocenters. The number of anilines is 1. The Bertz CT molecular complexity index is 396. The van der Waals surface area contributed by atoms with Gasteiger partial charge in [0.15, 0.2) is 0 Å². The van der Waals surface area contributed by atoms with Gasteiger partial charge in [0.2, 0.25) is 5.91 Å². The fraction of sp³-hybridized carbons (Fsp3) is 0.500. The molecule has 0 radical (unpaired) electrons. The molecule has 0 fully saturated rings. The minimum Gasteiger partial charge on any atom is -0.378 e. The number of nitrogens with two attached hydrogens (primary N) is 1. The number of rotatable bonds is 5. The summed E-state index contributed by atoms with van der Waals surface area (Å²) in [6.07, 6.45) is 0. The van der Waals surface area contributed by atoms with Crippen LogP contribution in [0.3, 0.4) is 0 Å². The van der Waals surface area contributed by atoms with Gasteiger partial charge in [0, 0.05) is 32.9 Å². The maximum Gasteiger partial charge on any atom is 0.227 e. The second-order valence-corrected chi connectivity index (χ2v) is 5.33. The zero-order chi connectivity index (χ0) is 13.8. The average Bonchev–Trinajstić information content (AvgIpc) is 2.36. The van der Waals surface area contributed by atoms with Gasteiger partial charge < -0.3 is 16.0 Å². The molecule has 0 saturated heterocycles. The Kier molecular flexibility index (Phi) is 4.73. The number of amides is 1. The van der Waals surface area contributed by atoms with Crippen LogP contribution in [0.4, 0.5) is 5.69 Å². The van der Waals surface area contributed by atoms with E-state index in [9.17, 15) is 4.79 Å². The van der Waals surface area contributed by atoms with Crippen molar-refractivity contribution in [3.05, 3.63) is 29.8 Å². The summed E-state index contributed by atoms with van der Waals surface area (Å²) in [7, 11) is 4.00. The largest absolute Gasteiger partial charge is 0.378 e. The fourth-order valence-electron chi connectivity index (χ4n) is 1.43. The van der Waals surface area contributed by atoms with E-state index in [4.69, 9.17) is 5.73 Å². The van der Waals surface area contributed by atoms with Gasteiger partial charge in [-0.2, -0.15) is 0 Å². The van der Waals surface area contributed by atoms with Crippen molar-refractivity contribution in [2.24, 2.45) is 11.1 Å². The summed E-state index contributed by atoms with van der Waals surface area (Å²) in [5.74, 6) is -0.0123. The smallest absolute Gasteiger partial charge is 0.227 e. The third-order valence-corrected chi connectivity index (χ3v) is 3.03. The standard InChI is InChI=1S/C14H23N3O/c1-14(2,10-15)13(18)16-9-11-5-7-12(8-6-11)17(3)4/h5-8H,9-10,15H2,1-4H3,(H,16,18). The van der Waals surface area contributed by atoms with Crippen molar-refractivity contribution in [3.63, 3.8) is 0 Å². The lowest BCUT2D eigenvalue weighted by molar-refractivity contribution is -0.129. The lowest BCUT2D eigenvalue weighted by atomic mass is 9.92. The lowest BCUT2D eigenvalue weighted by Crippen LogP contribution is -2.41. The van der Waals surface area contributed by atoms with Crippen molar-refractivity contribution in [1.29, 1.82) is 0 Å². The van der Waals surface area contributed by atoms with Crippen LogP contribution in [0.15, 0.2) is 24.3 Å². The van der Waals surface area contributed by atoms with Gasteiger partial charge >= 0.3 is 0 Å². The van der Waals surface area contributed by atoms with E-state index in [0.29, 0.717) is 13.1 Å². The molecule has 0 unspecified atom stereocenters. The van der Waals surface area contributed by atoms with E-state index >= 15 is 0 Å². The monoisotopic (exact) mass is 249 g/mol. The molecule has 1 aromatic rings. The number of hydrogen-bond donors (Lipinski definition) is 2. The summed E-state index contributed by atoms with van der Waals surface area (Å²) >= 11 is 0. The molecule has 1 rings (SSSR count). The second kappa shape index (κ2) is 5.87. The lowest BCUT2D eigenvalue weighted by Gasteiger charge is -2.21. The molecule has 0 heterocycles. The number of hydrogen-bond acceptors (Lipinski definition) is 3. The molecule has 0 aliphatic rings. The first-order chi connectivity index (χ1) is 8.36.